The van der Waals surface area contributed by atoms with Gasteiger partial charge in [0, 0.05) is 16.1 Å². The molecular formula is C22H25N3OS. The van der Waals surface area contributed by atoms with E-state index in [1.54, 1.807) is 13.3 Å². The van der Waals surface area contributed by atoms with E-state index in [2.05, 4.69) is 36.1 Å². The highest BCUT2D eigenvalue weighted by atomic mass is 32.1. The average Bonchev–Trinajstić information content (AvgIpc) is 3.00. The van der Waals surface area contributed by atoms with Crippen LogP contribution in [0.2, 0.25) is 0 Å². The summed E-state index contributed by atoms with van der Waals surface area (Å²) in [7, 11) is 0. The number of nitrogens with zero attached hydrogens (tertiary/aromatic N) is 2. The monoisotopic (exact) mass is 379 g/mol. The summed E-state index contributed by atoms with van der Waals surface area (Å²) in [6, 6.07) is 7.58. The van der Waals surface area contributed by atoms with Crippen molar-refractivity contribution < 1.29 is 4.79 Å². The van der Waals surface area contributed by atoms with Crippen molar-refractivity contribution in [2.75, 3.05) is 5.32 Å². The lowest BCUT2D eigenvalue weighted by Crippen LogP contribution is -2.26. The van der Waals surface area contributed by atoms with E-state index in [4.69, 9.17) is 0 Å². The van der Waals surface area contributed by atoms with Gasteiger partial charge in [0.05, 0.1) is 5.39 Å². The summed E-state index contributed by atoms with van der Waals surface area (Å²) in [4.78, 5) is 23.2. The molecule has 2 heterocycles. The van der Waals surface area contributed by atoms with E-state index in [-0.39, 0.29) is 5.78 Å². The fraction of sp³-hybridized carbons (Fsp3) is 0.409. The number of thiophene rings is 1. The predicted molar refractivity (Wildman–Crippen MR) is 112 cm³/mol. The van der Waals surface area contributed by atoms with E-state index in [1.165, 1.54) is 16.9 Å². The van der Waals surface area contributed by atoms with Gasteiger partial charge in [-0.15, -0.1) is 11.3 Å². The molecule has 0 spiro atoms. The molecule has 0 bridgehead atoms. The van der Waals surface area contributed by atoms with Gasteiger partial charge in [0.15, 0.2) is 5.78 Å². The van der Waals surface area contributed by atoms with Crippen molar-refractivity contribution in [3.63, 3.8) is 0 Å². The fourth-order valence-electron chi connectivity index (χ4n) is 3.90. The van der Waals surface area contributed by atoms with Crippen molar-refractivity contribution in [3.8, 4) is 0 Å². The van der Waals surface area contributed by atoms with E-state index < -0.39 is 0 Å². The molecule has 1 atom stereocenters. The van der Waals surface area contributed by atoms with Crippen molar-refractivity contribution in [2.24, 2.45) is 11.3 Å². The first-order chi connectivity index (χ1) is 12.8. The van der Waals surface area contributed by atoms with Gasteiger partial charge in [0.2, 0.25) is 0 Å². The smallest absolute Gasteiger partial charge is 0.159 e. The standard InChI is InChI=1S/C22H25N3OS/c1-13(26)14-6-5-7-16(10-14)25-20-19-17-9-8-15(22(2,3)4)11-18(17)27-21(19)24-12-23-20/h5-7,10,12,15H,8-9,11H2,1-4H3,(H,23,24,25). The Labute approximate surface area is 164 Å². The van der Waals surface area contributed by atoms with Gasteiger partial charge in [0.1, 0.15) is 17.0 Å². The molecule has 4 nitrogen and oxygen atoms in total. The maximum atomic E-state index is 11.7. The third-order valence-electron chi connectivity index (χ3n) is 5.60. The number of carbonyl (C=O) groups excluding carboxylic acids is 1. The number of aryl methyl sites for hydroxylation is 1. The van der Waals surface area contributed by atoms with Crippen molar-refractivity contribution in [2.45, 2.75) is 47.0 Å². The molecule has 1 aliphatic rings. The van der Waals surface area contributed by atoms with Crippen molar-refractivity contribution in [1.29, 1.82) is 0 Å². The first-order valence-corrected chi connectivity index (χ1v) is 10.3. The molecule has 0 amide bonds. The second kappa shape index (κ2) is 6.71. The number of hydrogen-bond donors (Lipinski definition) is 1. The molecule has 1 unspecified atom stereocenters. The molecule has 1 aromatic carbocycles. The molecule has 3 aromatic rings. The Morgan fingerprint density at radius 1 is 1.26 bits per heavy atom. The summed E-state index contributed by atoms with van der Waals surface area (Å²) in [6.07, 6.45) is 5.03. The molecule has 0 saturated carbocycles. The summed E-state index contributed by atoms with van der Waals surface area (Å²) in [5, 5.41) is 4.57. The van der Waals surface area contributed by atoms with Gasteiger partial charge in [-0.2, -0.15) is 0 Å². The molecule has 0 radical (unpaired) electrons. The number of aromatic nitrogens is 2. The quantitative estimate of drug-likeness (QED) is 0.585. The van der Waals surface area contributed by atoms with Crippen molar-refractivity contribution >= 4 is 38.8 Å². The Hall–Kier alpha value is -2.27. The number of nitrogens with one attached hydrogen (secondary N) is 1. The van der Waals surface area contributed by atoms with Crippen LogP contribution in [-0.4, -0.2) is 15.8 Å². The normalized spacial score (nSPS) is 17.0. The molecular weight excluding hydrogens is 354 g/mol. The lowest BCUT2D eigenvalue weighted by Gasteiger charge is -2.33. The molecule has 1 aliphatic carbocycles. The van der Waals surface area contributed by atoms with Gasteiger partial charge >= 0.3 is 0 Å². The molecule has 0 fully saturated rings. The van der Waals surface area contributed by atoms with Crippen LogP contribution in [0.15, 0.2) is 30.6 Å². The highest BCUT2D eigenvalue weighted by Gasteiger charge is 2.31. The Balaban J connectivity index is 1.72. The largest absolute Gasteiger partial charge is 0.340 e. The first kappa shape index (κ1) is 18.1. The SMILES string of the molecule is CC(=O)c1cccc(Nc2ncnc3sc4c(c23)CCC(C(C)(C)C)C4)c1. The molecule has 1 N–H and O–H groups in total. The number of anilines is 2. The second-order valence-corrected chi connectivity index (χ2v) is 9.56. The Bertz CT molecular complexity index is 1020. The van der Waals surface area contributed by atoms with Gasteiger partial charge in [-0.25, -0.2) is 9.97 Å². The maximum Gasteiger partial charge on any atom is 0.159 e. The highest BCUT2D eigenvalue weighted by molar-refractivity contribution is 7.19. The van der Waals surface area contributed by atoms with Gasteiger partial charge in [-0.1, -0.05) is 32.9 Å². The van der Waals surface area contributed by atoms with Gasteiger partial charge in [0.25, 0.3) is 0 Å². The van der Waals surface area contributed by atoms with E-state index in [0.29, 0.717) is 16.9 Å². The van der Waals surface area contributed by atoms with Crippen LogP contribution in [0.1, 0.15) is 54.9 Å². The molecule has 0 aliphatic heterocycles. The van der Waals surface area contributed by atoms with Crippen molar-refractivity contribution in [1.82, 2.24) is 9.97 Å². The van der Waals surface area contributed by atoms with Crippen molar-refractivity contribution in [3.05, 3.63) is 46.6 Å². The van der Waals surface area contributed by atoms with Crippen LogP contribution in [-0.2, 0) is 12.8 Å². The lowest BCUT2D eigenvalue weighted by molar-refractivity contribution is 0.101. The first-order valence-electron chi connectivity index (χ1n) is 9.46. The third kappa shape index (κ3) is 3.48. The average molecular weight is 380 g/mol. The number of benzene rings is 1. The summed E-state index contributed by atoms with van der Waals surface area (Å²) in [6.45, 7) is 8.60. The van der Waals surface area contributed by atoms with Gasteiger partial charge in [-0.05, 0) is 55.2 Å². The zero-order valence-electron chi connectivity index (χ0n) is 16.3. The van der Waals surface area contributed by atoms with Crippen LogP contribution in [0.4, 0.5) is 11.5 Å². The van der Waals surface area contributed by atoms with Crippen LogP contribution in [0, 0.1) is 11.3 Å². The van der Waals surface area contributed by atoms with E-state index in [9.17, 15) is 4.79 Å². The Morgan fingerprint density at radius 2 is 2.07 bits per heavy atom. The molecule has 0 saturated heterocycles. The number of rotatable bonds is 3. The summed E-state index contributed by atoms with van der Waals surface area (Å²) >= 11 is 1.81. The minimum atomic E-state index is 0.0626. The Kier molecular flexibility index (Phi) is 4.50. The summed E-state index contributed by atoms with van der Waals surface area (Å²) in [5.41, 5.74) is 3.31. The summed E-state index contributed by atoms with van der Waals surface area (Å²) in [5.74, 6) is 1.61. The van der Waals surface area contributed by atoms with E-state index in [0.717, 1.165) is 34.6 Å². The Morgan fingerprint density at radius 3 is 2.81 bits per heavy atom. The molecule has 27 heavy (non-hydrogen) atoms. The number of hydrogen-bond acceptors (Lipinski definition) is 5. The van der Waals surface area contributed by atoms with Crippen LogP contribution in [0.3, 0.4) is 0 Å². The van der Waals surface area contributed by atoms with E-state index in [1.807, 2.05) is 35.6 Å². The van der Waals surface area contributed by atoms with Crippen LogP contribution in [0.5, 0.6) is 0 Å². The van der Waals surface area contributed by atoms with Gasteiger partial charge < -0.3 is 5.32 Å². The second-order valence-electron chi connectivity index (χ2n) is 8.47. The van der Waals surface area contributed by atoms with Gasteiger partial charge in [-0.3, -0.25) is 4.79 Å². The van der Waals surface area contributed by atoms with Crippen LogP contribution in [0.25, 0.3) is 10.2 Å². The lowest BCUT2D eigenvalue weighted by atomic mass is 9.72. The molecule has 5 heteroatoms. The number of carbonyl (C=O) groups is 1. The predicted octanol–water partition coefficient (Wildman–Crippen LogP) is 5.79. The number of fused-ring (bicyclic) bond motifs is 3. The molecule has 2 aromatic heterocycles. The van der Waals surface area contributed by atoms with Crippen LogP contribution >= 0.6 is 11.3 Å². The van der Waals surface area contributed by atoms with E-state index >= 15 is 0 Å². The minimum Gasteiger partial charge on any atom is -0.340 e. The number of ketones is 1. The zero-order valence-corrected chi connectivity index (χ0v) is 17.1. The van der Waals surface area contributed by atoms with Crippen LogP contribution < -0.4 is 5.32 Å². The maximum absolute atomic E-state index is 11.7. The molecule has 4 rings (SSSR count). The third-order valence-corrected chi connectivity index (χ3v) is 6.76. The fourth-order valence-corrected chi connectivity index (χ4v) is 5.16. The zero-order chi connectivity index (χ0) is 19.2. The number of Topliss-reactive ketones (excluding diaryl/α,β-unsaturated/α-hetero) is 1. The highest BCUT2D eigenvalue weighted by Crippen LogP contribution is 2.44. The molecule has 140 valence electrons. The minimum absolute atomic E-state index is 0.0626. The summed E-state index contributed by atoms with van der Waals surface area (Å²) < 4.78 is 0. The topological polar surface area (TPSA) is 54.9 Å².